The van der Waals surface area contributed by atoms with Crippen molar-refractivity contribution in [2.24, 2.45) is 0 Å². The molecule has 14 heteroatoms. The summed E-state index contributed by atoms with van der Waals surface area (Å²) in [6.45, 7) is 4.03. The van der Waals surface area contributed by atoms with Crippen LogP contribution in [0, 0.1) is 12.7 Å². The number of likely N-dealkylation sites (tertiary alicyclic amines) is 1. The minimum absolute atomic E-state index is 0.00755. The second-order valence-corrected chi connectivity index (χ2v) is 11.2. The molecule has 0 N–H and O–H groups in total. The van der Waals surface area contributed by atoms with Gasteiger partial charge in [0.1, 0.15) is 27.5 Å². The van der Waals surface area contributed by atoms with Crippen molar-refractivity contribution in [3.05, 3.63) is 68.4 Å². The van der Waals surface area contributed by atoms with Gasteiger partial charge in [0.05, 0.1) is 56.6 Å². The number of fused-ring (bicyclic) bond motifs is 1. The zero-order valence-electron chi connectivity index (χ0n) is 23.4. The lowest BCUT2D eigenvalue weighted by Gasteiger charge is -2.27. The second-order valence-electron chi connectivity index (χ2n) is 10.2. The summed E-state index contributed by atoms with van der Waals surface area (Å²) >= 11 is 1.19. The van der Waals surface area contributed by atoms with Crippen LogP contribution < -0.4 is 16.0 Å². The van der Waals surface area contributed by atoms with E-state index in [-0.39, 0.29) is 38.6 Å². The summed E-state index contributed by atoms with van der Waals surface area (Å²) in [6.07, 6.45) is 2.18. The molecule has 1 aliphatic rings. The molecule has 0 aliphatic carbocycles. The van der Waals surface area contributed by atoms with E-state index < -0.39 is 28.7 Å². The highest BCUT2D eigenvalue weighted by molar-refractivity contribution is 7.21. The maximum Gasteiger partial charge on any atom is 0.332 e. The van der Waals surface area contributed by atoms with E-state index >= 15 is 0 Å². The number of amides is 1. The predicted octanol–water partition coefficient (Wildman–Crippen LogP) is 2.24. The van der Waals surface area contributed by atoms with E-state index in [1.165, 1.54) is 75.0 Å². The number of halogens is 1. The Morgan fingerprint density at radius 2 is 1.88 bits per heavy atom. The van der Waals surface area contributed by atoms with Crippen LogP contribution in [0.5, 0.6) is 5.75 Å². The Morgan fingerprint density at radius 3 is 2.51 bits per heavy atom. The highest BCUT2D eigenvalue weighted by Crippen LogP contribution is 2.35. The first-order valence-corrected chi connectivity index (χ1v) is 13.8. The minimum atomic E-state index is -1.09. The number of carbonyl (C=O) groups excluding carboxylic acids is 1. The number of hydrogen-bond donors (Lipinski definition) is 0. The van der Waals surface area contributed by atoms with Crippen LogP contribution in [0.3, 0.4) is 0 Å². The van der Waals surface area contributed by atoms with Gasteiger partial charge in [-0.05, 0) is 32.0 Å². The number of benzene rings is 1. The molecule has 12 nitrogen and oxygen atoms in total. The van der Waals surface area contributed by atoms with Crippen LogP contribution in [0.1, 0.15) is 30.6 Å². The number of rotatable bonds is 10. The molecule has 1 amide bonds. The van der Waals surface area contributed by atoms with Gasteiger partial charge in [-0.3, -0.25) is 18.7 Å². The van der Waals surface area contributed by atoms with E-state index in [1.54, 1.807) is 20.9 Å². The maximum atomic E-state index is 14.5. The van der Waals surface area contributed by atoms with Gasteiger partial charge in [0.25, 0.3) is 5.56 Å². The van der Waals surface area contributed by atoms with Crippen molar-refractivity contribution in [3.8, 4) is 10.8 Å². The molecule has 1 aliphatic heterocycles. The molecule has 1 saturated heterocycles. The molecule has 41 heavy (non-hydrogen) atoms. The van der Waals surface area contributed by atoms with Gasteiger partial charge >= 0.3 is 5.69 Å². The Bertz CT molecular complexity index is 1710. The number of nitrogens with zero attached hydrogens (tertiary/aromatic N) is 6. The molecule has 1 fully saturated rings. The van der Waals surface area contributed by atoms with Crippen LogP contribution in [0.4, 0.5) is 4.39 Å². The summed E-state index contributed by atoms with van der Waals surface area (Å²) in [4.78, 5) is 44.3. The Balaban J connectivity index is 1.77. The molecular formula is C27H31FN6O6S. The molecule has 5 rings (SSSR count). The first-order chi connectivity index (χ1) is 19.6. The van der Waals surface area contributed by atoms with Crippen molar-refractivity contribution < 1.29 is 23.4 Å². The van der Waals surface area contributed by atoms with Crippen LogP contribution in [0.25, 0.3) is 15.2 Å². The van der Waals surface area contributed by atoms with Gasteiger partial charge in [0.2, 0.25) is 5.91 Å². The van der Waals surface area contributed by atoms with E-state index in [2.05, 4.69) is 10.2 Å². The molecule has 2 atom stereocenters. The molecule has 1 aromatic carbocycles. The fourth-order valence-electron chi connectivity index (χ4n) is 5.39. The lowest BCUT2D eigenvalue weighted by atomic mass is 10.0. The molecule has 4 aromatic rings. The van der Waals surface area contributed by atoms with Crippen molar-refractivity contribution in [2.75, 3.05) is 41.0 Å². The molecular weight excluding hydrogens is 555 g/mol. The third kappa shape index (κ3) is 5.06. The topological polar surface area (TPSA) is 123 Å². The van der Waals surface area contributed by atoms with Gasteiger partial charge in [-0.1, -0.05) is 11.3 Å². The van der Waals surface area contributed by atoms with E-state index in [0.717, 1.165) is 0 Å². The Labute approximate surface area is 238 Å². The number of thiophene rings is 1. The van der Waals surface area contributed by atoms with Gasteiger partial charge in [0.15, 0.2) is 0 Å². The molecule has 3 aromatic heterocycles. The van der Waals surface area contributed by atoms with Gasteiger partial charge < -0.3 is 19.1 Å². The molecule has 4 heterocycles. The zero-order chi connectivity index (χ0) is 29.5. The maximum absolute atomic E-state index is 14.5. The fraction of sp³-hybridized carbons (Fsp3) is 0.444. The number of aryl methyl sites for hydroxylation is 1. The number of methoxy groups -OCH3 is 2. The van der Waals surface area contributed by atoms with Crippen LogP contribution in [0.2, 0.25) is 0 Å². The number of ether oxygens (including phenoxy) is 3. The molecule has 0 spiro atoms. The van der Waals surface area contributed by atoms with Crippen molar-refractivity contribution >= 4 is 27.5 Å². The van der Waals surface area contributed by atoms with E-state index in [1.807, 2.05) is 0 Å². The third-order valence-electron chi connectivity index (χ3n) is 7.36. The number of hydrogen-bond acceptors (Lipinski definition) is 9. The SMILES string of the molecule is COCCOC(Cn1c(=O)n(C2(C)CC(=O)N(C)C2)c(=O)c2c(C)c(-n3nccn3)sc21)c1cc(F)ccc1OC. The summed E-state index contributed by atoms with van der Waals surface area (Å²) in [5.41, 5.74) is -1.21. The second kappa shape index (κ2) is 11.2. The standard InChI is InChI=1S/C27H31FN6O6S/c1-16-22-23(36)33(27(2)13-21(35)31(3)15-27)26(37)32(25(22)41-24(16)34-29-8-9-30-34)14-20(40-11-10-38-4)18-12-17(28)6-7-19(18)39-5/h6-9,12,20H,10-11,13-15H2,1-5H3. The van der Waals surface area contributed by atoms with Crippen molar-refractivity contribution in [1.82, 2.24) is 29.0 Å². The first-order valence-electron chi connectivity index (χ1n) is 12.9. The van der Waals surface area contributed by atoms with E-state index in [4.69, 9.17) is 14.2 Å². The molecule has 2 unspecified atom stereocenters. The quantitative estimate of drug-likeness (QED) is 0.259. The molecule has 0 saturated carbocycles. The van der Waals surface area contributed by atoms with Crippen LogP contribution in [-0.4, -0.2) is 76.0 Å². The van der Waals surface area contributed by atoms with Crippen LogP contribution in [0.15, 0.2) is 40.2 Å². The van der Waals surface area contributed by atoms with E-state index in [9.17, 15) is 18.8 Å². The lowest BCUT2D eigenvalue weighted by molar-refractivity contribution is -0.126. The fourth-order valence-corrected chi connectivity index (χ4v) is 6.61. The molecule has 0 bridgehead atoms. The molecule has 218 valence electrons. The monoisotopic (exact) mass is 586 g/mol. The predicted molar refractivity (Wildman–Crippen MR) is 149 cm³/mol. The summed E-state index contributed by atoms with van der Waals surface area (Å²) in [5, 5.41) is 9.32. The van der Waals surface area contributed by atoms with E-state index in [0.29, 0.717) is 32.1 Å². The van der Waals surface area contributed by atoms with Crippen LogP contribution >= 0.6 is 11.3 Å². The highest BCUT2D eigenvalue weighted by Gasteiger charge is 2.42. The third-order valence-corrected chi connectivity index (χ3v) is 8.64. The summed E-state index contributed by atoms with van der Waals surface area (Å²) in [7, 11) is 4.64. The smallest absolute Gasteiger partial charge is 0.332 e. The number of carbonyl (C=O) groups is 1. The Morgan fingerprint density at radius 1 is 1.15 bits per heavy atom. The van der Waals surface area contributed by atoms with Crippen molar-refractivity contribution in [3.63, 3.8) is 0 Å². The molecule has 0 radical (unpaired) electrons. The summed E-state index contributed by atoms with van der Waals surface area (Å²) < 4.78 is 33.9. The highest BCUT2D eigenvalue weighted by atomic mass is 32.1. The average molecular weight is 587 g/mol. The van der Waals surface area contributed by atoms with Gasteiger partial charge in [-0.15, -0.1) is 4.80 Å². The number of aromatic nitrogens is 5. The zero-order valence-corrected chi connectivity index (χ0v) is 24.2. The van der Waals surface area contributed by atoms with Gasteiger partial charge in [-0.2, -0.15) is 10.2 Å². The minimum Gasteiger partial charge on any atom is -0.496 e. The Kier molecular flexibility index (Phi) is 7.81. The summed E-state index contributed by atoms with van der Waals surface area (Å²) in [5.74, 6) is -0.285. The number of likely N-dealkylation sites (N-methyl/N-ethyl adjacent to an activating group) is 1. The lowest BCUT2D eigenvalue weighted by Crippen LogP contribution is -2.51. The van der Waals surface area contributed by atoms with Crippen molar-refractivity contribution in [2.45, 2.75) is 38.5 Å². The van der Waals surface area contributed by atoms with Crippen LogP contribution in [-0.2, 0) is 26.4 Å². The average Bonchev–Trinajstić information content (AvgIpc) is 3.64. The first kappa shape index (κ1) is 28.6. The normalized spacial score (nSPS) is 18.0. The largest absolute Gasteiger partial charge is 0.496 e. The van der Waals surface area contributed by atoms with Gasteiger partial charge in [0, 0.05) is 31.8 Å². The summed E-state index contributed by atoms with van der Waals surface area (Å²) in [6, 6.07) is 4.08. The van der Waals surface area contributed by atoms with Gasteiger partial charge in [-0.25, -0.2) is 9.18 Å². The Hall–Kier alpha value is -3.88. The van der Waals surface area contributed by atoms with Crippen molar-refractivity contribution in [1.29, 1.82) is 0 Å².